The third-order valence-electron chi connectivity index (χ3n) is 3.29. The van der Waals surface area contributed by atoms with E-state index in [4.69, 9.17) is 11.6 Å². The SMILES string of the molecule is Cc1nc(/C=C/C(=O)N(C)C(C)c2cccc(Cl)c2)cs1. The number of aryl methyl sites for hydroxylation is 1. The molecule has 1 atom stereocenters. The molecule has 2 aromatic rings. The standard InChI is InChI=1S/C16H17ClN2OS/c1-11(13-5-4-6-14(17)9-13)19(3)16(20)8-7-15-10-21-12(2)18-15/h4-11H,1-3H3/b8-7+. The molecular formula is C16H17ClN2OS. The summed E-state index contributed by atoms with van der Waals surface area (Å²) >= 11 is 7.56. The lowest BCUT2D eigenvalue weighted by atomic mass is 10.1. The maximum absolute atomic E-state index is 12.2. The van der Waals surface area contributed by atoms with Crippen LogP contribution in [-0.2, 0) is 4.79 Å². The first-order valence-corrected chi connectivity index (χ1v) is 7.85. The number of thiazole rings is 1. The monoisotopic (exact) mass is 320 g/mol. The minimum absolute atomic E-state index is 0.0435. The van der Waals surface area contributed by atoms with E-state index >= 15 is 0 Å². The second-order valence-corrected chi connectivity index (χ2v) is 6.30. The molecule has 3 nitrogen and oxygen atoms in total. The van der Waals surface area contributed by atoms with Crippen LogP contribution in [0.15, 0.2) is 35.7 Å². The first-order chi connectivity index (χ1) is 9.97. The van der Waals surface area contributed by atoms with E-state index < -0.39 is 0 Å². The first-order valence-electron chi connectivity index (χ1n) is 6.60. The van der Waals surface area contributed by atoms with Crippen molar-refractivity contribution in [2.45, 2.75) is 19.9 Å². The van der Waals surface area contributed by atoms with E-state index in [0.29, 0.717) is 5.02 Å². The van der Waals surface area contributed by atoms with Gasteiger partial charge in [0, 0.05) is 23.5 Å². The van der Waals surface area contributed by atoms with Crippen molar-refractivity contribution in [3.63, 3.8) is 0 Å². The Labute approximate surface area is 133 Å². The maximum Gasteiger partial charge on any atom is 0.246 e. The summed E-state index contributed by atoms with van der Waals surface area (Å²) in [6, 6.07) is 7.51. The third-order valence-corrected chi connectivity index (χ3v) is 4.32. The summed E-state index contributed by atoms with van der Waals surface area (Å²) in [5.74, 6) is -0.0619. The van der Waals surface area contributed by atoms with Crippen molar-refractivity contribution < 1.29 is 4.79 Å². The second-order valence-electron chi connectivity index (χ2n) is 4.80. The summed E-state index contributed by atoms with van der Waals surface area (Å²) in [6.07, 6.45) is 3.29. The van der Waals surface area contributed by atoms with E-state index in [1.54, 1.807) is 35.4 Å². The number of carbonyl (C=O) groups is 1. The number of hydrogen-bond acceptors (Lipinski definition) is 3. The van der Waals surface area contributed by atoms with Gasteiger partial charge in [-0.1, -0.05) is 23.7 Å². The number of benzene rings is 1. The molecule has 0 aliphatic rings. The third kappa shape index (κ3) is 4.16. The van der Waals surface area contributed by atoms with Gasteiger partial charge < -0.3 is 4.90 Å². The van der Waals surface area contributed by atoms with Gasteiger partial charge in [0.25, 0.3) is 0 Å². The molecule has 1 amide bonds. The zero-order chi connectivity index (χ0) is 15.4. The summed E-state index contributed by atoms with van der Waals surface area (Å²) in [4.78, 5) is 18.2. The smallest absolute Gasteiger partial charge is 0.246 e. The van der Waals surface area contributed by atoms with Crippen molar-refractivity contribution in [2.24, 2.45) is 0 Å². The molecule has 0 aliphatic carbocycles. The molecule has 5 heteroatoms. The Morgan fingerprint density at radius 3 is 2.86 bits per heavy atom. The summed E-state index contributed by atoms with van der Waals surface area (Å²) in [5.41, 5.74) is 1.82. The fourth-order valence-corrected chi connectivity index (χ4v) is 2.69. The summed E-state index contributed by atoms with van der Waals surface area (Å²) < 4.78 is 0. The number of carbonyl (C=O) groups excluding carboxylic acids is 1. The van der Waals surface area contributed by atoms with E-state index in [-0.39, 0.29) is 11.9 Å². The number of likely N-dealkylation sites (N-methyl/N-ethyl adjacent to an activating group) is 1. The predicted molar refractivity (Wildman–Crippen MR) is 88.5 cm³/mol. The highest BCUT2D eigenvalue weighted by Gasteiger charge is 2.15. The molecule has 0 aliphatic heterocycles. The van der Waals surface area contributed by atoms with Crippen molar-refractivity contribution in [2.75, 3.05) is 7.05 Å². The molecule has 1 unspecified atom stereocenters. The molecule has 2 rings (SSSR count). The van der Waals surface area contributed by atoms with Crippen LogP contribution >= 0.6 is 22.9 Å². The number of amides is 1. The number of halogens is 1. The molecule has 0 saturated heterocycles. The fourth-order valence-electron chi connectivity index (χ4n) is 1.91. The van der Waals surface area contributed by atoms with Gasteiger partial charge in [0.1, 0.15) is 0 Å². The Morgan fingerprint density at radius 2 is 2.24 bits per heavy atom. The zero-order valence-corrected chi connectivity index (χ0v) is 13.8. The van der Waals surface area contributed by atoms with Crippen LogP contribution in [0.1, 0.15) is 29.2 Å². The lowest BCUT2D eigenvalue weighted by Crippen LogP contribution is -2.27. The average Bonchev–Trinajstić information content (AvgIpc) is 2.89. The molecule has 1 aromatic carbocycles. The lowest BCUT2D eigenvalue weighted by Gasteiger charge is -2.24. The fraction of sp³-hybridized carbons (Fsp3) is 0.250. The molecular weight excluding hydrogens is 304 g/mol. The van der Waals surface area contributed by atoms with Gasteiger partial charge in [-0.25, -0.2) is 4.98 Å². The molecule has 1 heterocycles. The summed E-state index contributed by atoms with van der Waals surface area (Å²) in [5, 5.41) is 3.59. The Kier molecular flexibility index (Phi) is 5.15. The molecule has 0 N–H and O–H groups in total. The number of hydrogen-bond donors (Lipinski definition) is 0. The van der Waals surface area contributed by atoms with Crippen LogP contribution < -0.4 is 0 Å². The summed E-state index contributed by atoms with van der Waals surface area (Å²) in [6.45, 7) is 3.92. The largest absolute Gasteiger partial charge is 0.335 e. The minimum atomic E-state index is -0.0619. The van der Waals surface area contributed by atoms with Gasteiger partial charge in [-0.3, -0.25) is 4.79 Å². The number of rotatable bonds is 4. The van der Waals surface area contributed by atoms with Gasteiger partial charge in [0.05, 0.1) is 16.7 Å². The minimum Gasteiger partial charge on any atom is -0.335 e. The van der Waals surface area contributed by atoms with E-state index in [0.717, 1.165) is 16.3 Å². The van der Waals surface area contributed by atoms with Gasteiger partial charge >= 0.3 is 0 Å². The quantitative estimate of drug-likeness (QED) is 0.785. The molecule has 1 aromatic heterocycles. The van der Waals surface area contributed by atoms with Crippen LogP contribution in [0.5, 0.6) is 0 Å². The van der Waals surface area contributed by atoms with E-state index in [1.807, 2.05) is 43.5 Å². The van der Waals surface area contributed by atoms with Gasteiger partial charge in [-0.2, -0.15) is 0 Å². The van der Waals surface area contributed by atoms with Gasteiger partial charge in [0.2, 0.25) is 5.91 Å². The highest BCUT2D eigenvalue weighted by molar-refractivity contribution is 7.09. The number of nitrogens with zero attached hydrogens (tertiary/aromatic N) is 2. The Morgan fingerprint density at radius 1 is 1.48 bits per heavy atom. The van der Waals surface area contributed by atoms with Crippen LogP contribution in [0.4, 0.5) is 0 Å². The second kappa shape index (κ2) is 6.87. The molecule has 0 bridgehead atoms. The first kappa shape index (κ1) is 15.7. The predicted octanol–water partition coefficient (Wildman–Crippen LogP) is 4.34. The maximum atomic E-state index is 12.2. The van der Waals surface area contributed by atoms with E-state index in [1.165, 1.54) is 0 Å². The molecule has 0 saturated carbocycles. The highest BCUT2D eigenvalue weighted by atomic mass is 35.5. The average molecular weight is 321 g/mol. The van der Waals surface area contributed by atoms with Crippen molar-refractivity contribution in [3.8, 4) is 0 Å². The van der Waals surface area contributed by atoms with Crippen molar-refractivity contribution >= 4 is 34.9 Å². The van der Waals surface area contributed by atoms with Gasteiger partial charge in [0.15, 0.2) is 0 Å². The molecule has 110 valence electrons. The lowest BCUT2D eigenvalue weighted by molar-refractivity contribution is -0.126. The highest BCUT2D eigenvalue weighted by Crippen LogP contribution is 2.22. The van der Waals surface area contributed by atoms with Crippen LogP contribution in [-0.4, -0.2) is 22.8 Å². The van der Waals surface area contributed by atoms with Crippen LogP contribution in [0, 0.1) is 6.92 Å². The molecule has 0 fully saturated rings. The molecule has 0 spiro atoms. The van der Waals surface area contributed by atoms with Crippen molar-refractivity contribution in [1.82, 2.24) is 9.88 Å². The molecule has 21 heavy (non-hydrogen) atoms. The molecule has 0 radical (unpaired) electrons. The van der Waals surface area contributed by atoms with E-state index in [9.17, 15) is 4.79 Å². The van der Waals surface area contributed by atoms with Crippen molar-refractivity contribution in [1.29, 1.82) is 0 Å². The van der Waals surface area contributed by atoms with Crippen LogP contribution in [0.25, 0.3) is 6.08 Å². The van der Waals surface area contributed by atoms with Crippen LogP contribution in [0.2, 0.25) is 5.02 Å². The topological polar surface area (TPSA) is 33.2 Å². The normalized spacial score (nSPS) is 12.6. The van der Waals surface area contributed by atoms with Crippen LogP contribution in [0.3, 0.4) is 0 Å². The van der Waals surface area contributed by atoms with Gasteiger partial charge in [-0.15, -0.1) is 11.3 Å². The Balaban J connectivity index is 2.06. The van der Waals surface area contributed by atoms with E-state index in [2.05, 4.69) is 4.98 Å². The zero-order valence-electron chi connectivity index (χ0n) is 12.2. The summed E-state index contributed by atoms with van der Waals surface area (Å²) in [7, 11) is 1.78. The van der Waals surface area contributed by atoms with Gasteiger partial charge in [-0.05, 0) is 37.6 Å². The Bertz CT molecular complexity index is 666. The van der Waals surface area contributed by atoms with Crippen molar-refractivity contribution in [3.05, 3.63) is 57.0 Å². The number of aromatic nitrogens is 1. The Hall–Kier alpha value is -1.65.